The van der Waals surface area contributed by atoms with Gasteiger partial charge in [-0.2, -0.15) is 0 Å². The number of amides is 1. The molecule has 1 fully saturated rings. The molecule has 0 aliphatic heterocycles. The van der Waals surface area contributed by atoms with E-state index in [1.54, 1.807) is 16.8 Å². The zero-order chi connectivity index (χ0) is 26.4. The summed E-state index contributed by atoms with van der Waals surface area (Å²) in [6.45, 7) is 7.40. The van der Waals surface area contributed by atoms with Crippen molar-refractivity contribution in [1.29, 1.82) is 0 Å². The largest absolute Gasteiger partial charge is 0.358 e. The predicted octanol–water partition coefficient (Wildman–Crippen LogP) is 6.94. The first-order chi connectivity index (χ1) is 18.4. The molecule has 2 atom stereocenters. The van der Waals surface area contributed by atoms with E-state index in [2.05, 4.69) is 65.6 Å². The molecule has 2 unspecified atom stereocenters. The minimum atomic E-state index is -0.220. The Morgan fingerprint density at radius 2 is 1.74 bits per heavy atom. The normalized spacial score (nSPS) is 18.0. The third-order valence-corrected chi connectivity index (χ3v) is 8.30. The number of nitrogens with one attached hydrogen (secondary N) is 2. The molecular weight excluding hydrogens is 494 g/mol. The van der Waals surface area contributed by atoms with Gasteiger partial charge in [0.05, 0.1) is 5.69 Å². The third-order valence-electron chi connectivity index (χ3n) is 8.05. The number of carbonyl (C=O) groups is 1. The second-order valence-corrected chi connectivity index (χ2v) is 11.1. The molecule has 1 aliphatic rings. The molecule has 6 nitrogen and oxygen atoms in total. The lowest BCUT2D eigenvalue weighted by Crippen LogP contribution is -2.26. The molecule has 0 spiro atoms. The van der Waals surface area contributed by atoms with Crippen LogP contribution in [0.4, 0.5) is 0 Å². The number of H-pyrrole nitrogens is 1. The standard InChI is InChI=1S/C31H30ClN5O/c1-19-26(23-11-7-8-12-25(23)34-19)27-24(31(27,2)3)17-18-33-30(38)28-29(20-9-5-4-6-10-20)37(36-35-28)22-15-13-21(32)14-16-22/h4-16,24,27,34H,17-18H2,1-3H3,(H,33,38). The predicted molar refractivity (Wildman–Crippen MR) is 152 cm³/mol. The fourth-order valence-electron chi connectivity index (χ4n) is 6.03. The van der Waals surface area contributed by atoms with Gasteiger partial charge in [-0.15, -0.1) is 5.10 Å². The minimum absolute atomic E-state index is 0.174. The van der Waals surface area contributed by atoms with E-state index in [9.17, 15) is 4.79 Å². The van der Waals surface area contributed by atoms with Crippen molar-refractivity contribution in [2.75, 3.05) is 6.54 Å². The number of hydrogen-bond donors (Lipinski definition) is 2. The van der Waals surface area contributed by atoms with Crippen LogP contribution in [0.5, 0.6) is 0 Å². The lowest BCUT2D eigenvalue weighted by Gasteiger charge is -2.09. The number of nitrogens with zero attached hydrogens (tertiary/aromatic N) is 3. The summed E-state index contributed by atoms with van der Waals surface area (Å²) in [6.07, 6.45) is 0.897. The van der Waals surface area contributed by atoms with E-state index >= 15 is 0 Å². The number of benzene rings is 3. The summed E-state index contributed by atoms with van der Waals surface area (Å²) in [7, 11) is 0. The summed E-state index contributed by atoms with van der Waals surface area (Å²) in [5.74, 6) is 0.725. The number of fused-ring (bicyclic) bond motifs is 1. The molecular formula is C31H30ClN5O. The number of aryl methyl sites for hydroxylation is 1. The van der Waals surface area contributed by atoms with Crippen LogP contribution in [-0.2, 0) is 0 Å². The van der Waals surface area contributed by atoms with Crippen LogP contribution in [0.15, 0.2) is 78.9 Å². The number of carbonyl (C=O) groups excluding carboxylic acids is 1. The summed E-state index contributed by atoms with van der Waals surface area (Å²) in [5.41, 5.74) is 6.64. The number of hydrogen-bond acceptors (Lipinski definition) is 3. The Morgan fingerprint density at radius 3 is 2.50 bits per heavy atom. The van der Waals surface area contributed by atoms with E-state index < -0.39 is 0 Å². The zero-order valence-electron chi connectivity index (χ0n) is 21.7. The van der Waals surface area contributed by atoms with Crippen LogP contribution in [-0.4, -0.2) is 32.4 Å². The average molecular weight is 524 g/mol. The number of halogens is 1. The van der Waals surface area contributed by atoms with Crippen LogP contribution in [0.25, 0.3) is 27.8 Å². The molecule has 2 heterocycles. The summed E-state index contributed by atoms with van der Waals surface area (Å²) in [5, 5.41) is 13.7. The highest BCUT2D eigenvalue weighted by Crippen LogP contribution is 2.67. The second kappa shape index (κ2) is 9.44. The number of aromatic nitrogens is 4. The maximum absolute atomic E-state index is 13.4. The quantitative estimate of drug-likeness (QED) is 0.242. The average Bonchev–Trinajstić information content (AvgIpc) is 3.23. The van der Waals surface area contributed by atoms with Crippen molar-refractivity contribution < 1.29 is 4.79 Å². The third kappa shape index (κ3) is 4.19. The van der Waals surface area contributed by atoms with Crippen molar-refractivity contribution in [1.82, 2.24) is 25.3 Å². The monoisotopic (exact) mass is 523 g/mol. The molecule has 2 N–H and O–H groups in total. The molecule has 1 saturated carbocycles. The fraction of sp³-hybridized carbons (Fsp3) is 0.258. The molecule has 0 radical (unpaired) electrons. The molecule has 192 valence electrons. The first kappa shape index (κ1) is 24.4. The number of para-hydroxylation sites is 1. The van der Waals surface area contributed by atoms with E-state index in [0.29, 0.717) is 34.8 Å². The van der Waals surface area contributed by atoms with Crippen LogP contribution in [0.2, 0.25) is 5.02 Å². The Hall–Kier alpha value is -3.90. The summed E-state index contributed by atoms with van der Waals surface area (Å²) < 4.78 is 1.69. The van der Waals surface area contributed by atoms with Crippen LogP contribution < -0.4 is 5.32 Å². The Kier molecular flexibility index (Phi) is 6.07. The lowest BCUT2D eigenvalue weighted by atomic mass is 10.0. The van der Waals surface area contributed by atoms with Crippen LogP contribution in [0, 0.1) is 18.3 Å². The number of rotatable bonds is 7. The Balaban J connectivity index is 1.21. The summed E-state index contributed by atoms with van der Waals surface area (Å²) in [4.78, 5) is 16.9. The van der Waals surface area contributed by atoms with E-state index in [4.69, 9.17) is 11.6 Å². The van der Waals surface area contributed by atoms with Gasteiger partial charge >= 0.3 is 0 Å². The van der Waals surface area contributed by atoms with Crippen LogP contribution in [0.3, 0.4) is 0 Å². The first-order valence-electron chi connectivity index (χ1n) is 13.0. The maximum Gasteiger partial charge on any atom is 0.274 e. The van der Waals surface area contributed by atoms with Crippen LogP contribution in [0.1, 0.15) is 47.9 Å². The van der Waals surface area contributed by atoms with Gasteiger partial charge in [-0.05, 0) is 66.5 Å². The van der Waals surface area contributed by atoms with Crippen molar-refractivity contribution in [2.24, 2.45) is 11.3 Å². The first-order valence-corrected chi connectivity index (χ1v) is 13.4. The van der Waals surface area contributed by atoms with Crippen molar-refractivity contribution in [3.8, 4) is 16.9 Å². The molecule has 1 amide bonds. The highest BCUT2D eigenvalue weighted by Gasteiger charge is 2.58. The molecule has 0 bridgehead atoms. The molecule has 5 aromatic rings. The topological polar surface area (TPSA) is 75.6 Å². The summed E-state index contributed by atoms with van der Waals surface area (Å²) >= 11 is 6.09. The second-order valence-electron chi connectivity index (χ2n) is 10.7. The van der Waals surface area contributed by atoms with Crippen molar-refractivity contribution in [2.45, 2.75) is 33.1 Å². The van der Waals surface area contributed by atoms with Gasteiger partial charge in [0, 0.05) is 33.7 Å². The SMILES string of the molecule is Cc1[nH]c2ccccc2c1C1C(CCNC(=O)c2nnn(-c3ccc(Cl)cc3)c2-c2ccccc2)C1(C)C. The van der Waals surface area contributed by atoms with Gasteiger partial charge in [0.15, 0.2) is 5.69 Å². The van der Waals surface area contributed by atoms with E-state index in [0.717, 1.165) is 17.7 Å². The van der Waals surface area contributed by atoms with Gasteiger partial charge in [0.2, 0.25) is 0 Å². The van der Waals surface area contributed by atoms with Gasteiger partial charge in [-0.1, -0.05) is 79.2 Å². The van der Waals surface area contributed by atoms with Crippen LogP contribution >= 0.6 is 11.6 Å². The Morgan fingerprint density at radius 1 is 1.03 bits per heavy atom. The highest BCUT2D eigenvalue weighted by atomic mass is 35.5. The molecule has 2 aromatic heterocycles. The molecule has 0 saturated heterocycles. The van der Waals surface area contributed by atoms with Crippen molar-refractivity contribution in [3.05, 3.63) is 101 Å². The molecule has 38 heavy (non-hydrogen) atoms. The Bertz CT molecular complexity index is 1620. The van der Waals surface area contributed by atoms with Crippen molar-refractivity contribution >= 4 is 28.4 Å². The number of aromatic amines is 1. The van der Waals surface area contributed by atoms with Gasteiger partial charge in [-0.25, -0.2) is 4.68 Å². The van der Waals surface area contributed by atoms with Gasteiger partial charge < -0.3 is 10.3 Å². The smallest absolute Gasteiger partial charge is 0.274 e. The van der Waals surface area contributed by atoms with Gasteiger partial charge in [0.1, 0.15) is 5.69 Å². The van der Waals surface area contributed by atoms with E-state index in [1.807, 2.05) is 42.5 Å². The Labute approximate surface area is 227 Å². The van der Waals surface area contributed by atoms with E-state index in [1.165, 1.54) is 22.2 Å². The minimum Gasteiger partial charge on any atom is -0.358 e. The molecule has 1 aliphatic carbocycles. The highest BCUT2D eigenvalue weighted by molar-refractivity contribution is 6.30. The molecule has 6 rings (SSSR count). The zero-order valence-corrected chi connectivity index (χ0v) is 22.5. The molecule has 3 aromatic carbocycles. The molecule has 7 heteroatoms. The van der Waals surface area contributed by atoms with Gasteiger partial charge in [-0.3, -0.25) is 4.79 Å². The lowest BCUT2D eigenvalue weighted by molar-refractivity contribution is 0.0947. The fourth-order valence-corrected chi connectivity index (χ4v) is 6.16. The van der Waals surface area contributed by atoms with E-state index in [-0.39, 0.29) is 11.3 Å². The van der Waals surface area contributed by atoms with Gasteiger partial charge in [0.25, 0.3) is 5.91 Å². The summed E-state index contributed by atoms with van der Waals surface area (Å²) in [6, 6.07) is 25.6. The maximum atomic E-state index is 13.4. The van der Waals surface area contributed by atoms with Crippen molar-refractivity contribution in [3.63, 3.8) is 0 Å².